The van der Waals surface area contributed by atoms with Crippen molar-refractivity contribution in [3.8, 4) is 28.8 Å². The molecule has 0 saturated carbocycles. The molecule has 1 aromatic carbocycles. The molecule has 3 rings (SSSR count). The number of aryl methyl sites for hydroxylation is 1. The first-order chi connectivity index (χ1) is 15.4. The van der Waals surface area contributed by atoms with E-state index in [4.69, 9.17) is 9.47 Å². The Kier molecular flexibility index (Phi) is 7.72. The predicted molar refractivity (Wildman–Crippen MR) is 128 cm³/mol. The predicted octanol–water partition coefficient (Wildman–Crippen LogP) is 5.14. The van der Waals surface area contributed by atoms with Crippen LogP contribution in [0.1, 0.15) is 28.8 Å². The molecular weight excluding hydrogens is 444 g/mol. The number of amides is 1. The lowest BCUT2D eigenvalue weighted by atomic mass is 10.1. The molecule has 32 heavy (non-hydrogen) atoms. The molecule has 0 unspecified atom stereocenters. The van der Waals surface area contributed by atoms with E-state index < -0.39 is 0 Å². The molecule has 0 atom stereocenters. The average Bonchev–Trinajstić information content (AvgIpc) is 3.25. The minimum absolute atomic E-state index is 0.134. The van der Waals surface area contributed by atoms with Crippen molar-refractivity contribution in [2.24, 2.45) is 0 Å². The number of anilines is 1. The summed E-state index contributed by atoms with van der Waals surface area (Å²) in [7, 11) is 3.17. The minimum Gasteiger partial charge on any atom is -0.493 e. The Morgan fingerprint density at radius 1 is 1.16 bits per heavy atom. The maximum Gasteiger partial charge on any atom is 0.226 e. The number of methoxy groups -OCH3 is 2. The van der Waals surface area contributed by atoms with Crippen LogP contribution < -0.4 is 14.8 Å². The van der Waals surface area contributed by atoms with Crippen LogP contribution in [0.15, 0.2) is 28.6 Å². The second kappa shape index (κ2) is 10.5. The molecule has 0 aliphatic carbocycles. The van der Waals surface area contributed by atoms with Gasteiger partial charge in [-0.3, -0.25) is 4.79 Å². The topological polar surface area (TPSA) is 97.1 Å². The first-order valence-electron chi connectivity index (χ1n) is 9.86. The lowest BCUT2D eigenvalue weighted by Gasteiger charge is -2.10. The van der Waals surface area contributed by atoms with Gasteiger partial charge in [-0.2, -0.15) is 5.26 Å². The molecule has 1 amide bonds. The lowest BCUT2D eigenvalue weighted by Crippen LogP contribution is -2.12. The molecule has 0 spiro atoms. The summed E-state index contributed by atoms with van der Waals surface area (Å²) in [6.07, 6.45) is 0.286. The van der Waals surface area contributed by atoms with Gasteiger partial charge in [0, 0.05) is 28.8 Å². The van der Waals surface area contributed by atoms with E-state index in [1.165, 1.54) is 23.1 Å². The molecule has 0 aliphatic heterocycles. The zero-order chi connectivity index (χ0) is 23.3. The number of nitriles is 1. The second-order valence-electron chi connectivity index (χ2n) is 6.99. The molecule has 2 heterocycles. The monoisotopic (exact) mass is 468 g/mol. The third-order valence-electron chi connectivity index (χ3n) is 5.07. The molecule has 0 bridgehead atoms. The van der Waals surface area contributed by atoms with E-state index >= 15 is 0 Å². The Morgan fingerprint density at radius 3 is 2.59 bits per heavy atom. The highest BCUT2D eigenvalue weighted by Crippen LogP contribution is 2.33. The van der Waals surface area contributed by atoms with Crippen LogP contribution in [0.2, 0.25) is 0 Å². The van der Waals surface area contributed by atoms with Gasteiger partial charge in [-0.1, -0.05) is 0 Å². The molecule has 7 nitrogen and oxygen atoms in total. The number of pyridine rings is 1. The highest BCUT2D eigenvalue weighted by atomic mass is 32.2. The van der Waals surface area contributed by atoms with Crippen molar-refractivity contribution < 1.29 is 14.3 Å². The van der Waals surface area contributed by atoms with Crippen LogP contribution in [0.25, 0.3) is 11.3 Å². The maximum absolute atomic E-state index is 12.4. The zero-order valence-corrected chi connectivity index (χ0v) is 20.2. The number of thioether (sulfide) groups is 1. The number of carbonyl (C=O) groups is 1. The number of carbonyl (C=O) groups excluding carboxylic acids is 1. The van der Waals surface area contributed by atoms with E-state index in [-0.39, 0.29) is 12.3 Å². The smallest absolute Gasteiger partial charge is 0.226 e. The van der Waals surface area contributed by atoms with Gasteiger partial charge < -0.3 is 14.8 Å². The van der Waals surface area contributed by atoms with Crippen LogP contribution in [-0.2, 0) is 4.79 Å². The molecule has 2 aromatic heterocycles. The first-order valence-corrected chi connectivity index (χ1v) is 11.7. The lowest BCUT2D eigenvalue weighted by molar-refractivity contribution is -0.115. The Hall–Kier alpha value is -3.09. The third-order valence-corrected chi connectivity index (χ3v) is 6.81. The highest BCUT2D eigenvalue weighted by Gasteiger charge is 2.14. The Labute approximate surface area is 195 Å². The van der Waals surface area contributed by atoms with Crippen molar-refractivity contribution in [1.29, 1.82) is 5.26 Å². The number of thiazole rings is 1. The van der Waals surface area contributed by atoms with Gasteiger partial charge in [0.2, 0.25) is 5.91 Å². The molecule has 0 radical (unpaired) electrons. The number of hydrogen-bond acceptors (Lipinski definition) is 8. The molecule has 0 aliphatic rings. The number of rotatable bonds is 8. The number of aromatic nitrogens is 2. The van der Waals surface area contributed by atoms with Gasteiger partial charge in [0.05, 0.1) is 25.5 Å². The Balaban J connectivity index is 1.61. The van der Waals surface area contributed by atoms with Crippen LogP contribution >= 0.6 is 23.1 Å². The van der Waals surface area contributed by atoms with Gasteiger partial charge in [0.1, 0.15) is 11.1 Å². The highest BCUT2D eigenvalue weighted by molar-refractivity contribution is 7.99. The van der Waals surface area contributed by atoms with Crippen molar-refractivity contribution in [3.05, 3.63) is 46.0 Å². The summed E-state index contributed by atoms with van der Waals surface area (Å²) >= 11 is 2.78. The maximum atomic E-state index is 12.4. The van der Waals surface area contributed by atoms with E-state index in [1.807, 2.05) is 44.4 Å². The van der Waals surface area contributed by atoms with Gasteiger partial charge in [-0.25, -0.2) is 9.97 Å². The third kappa shape index (κ3) is 5.21. The quantitative estimate of drug-likeness (QED) is 0.457. The molecule has 1 N–H and O–H groups in total. The first kappa shape index (κ1) is 23.6. The molecule has 166 valence electrons. The van der Waals surface area contributed by atoms with Crippen LogP contribution in [-0.4, -0.2) is 35.8 Å². The van der Waals surface area contributed by atoms with Crippen molar-refractivity contribution in [2.45, 2.75) is 32.2 Å². The van der Waals surface area contributed by atoms with Crippen LogP contribution in [0.3, 0.4) is 0 Å². The van der Waals surface area contributed by atoms with Crippen molar-refractivity contribution in [2.75, 3.05) is 25.3 Å². The summed E-state index contributed by atoms with van der Waals surface area (Å²) in [5.74, 6) is 1.64. The Morgan fingerprint density at radius 2 is 1.91 bits per heavy atom. The summed E-state index contributed by atoms with van der Waals surface area (Å²) in [6.45, 7) is 5.82. The normalized spacial score (nSPS) is 10.5. The van der Waals surface area contributed by atoms with Gasteiger partial charge in [-0.05, 0) is 50.1 Å². The molecule has 9 heteroatoms. The standard InChI is InChI=1S/C23H24N4O3S2/c1-13-14(2)17(11-24)22(25-15(13)3)31-9-8-21(28)27-23-26-18(12-32-23)16-6-7-19(29-4)20(10-16)30-5/h6-7,10,12H,8-9H2,1-5H3,(H,26,27,28). The van der Waals surface area contributed by atoms with Crippen LogP contribution in [0, 0.1) is 32.1 Å². The average molecular weight is 469 g/mol. The number of ether oxygens (including phenoxy) is 2. The summed E-state index contributed by atoms with van der Waals surface area (Å²) in [4.78, 5) is 21.4. The molecule has 3 aromatic rings. The Bertz CT molecular complexity index is 1180. The number of nitrogens with zero attached hydrogens (tertiary/aromatic N) is 3. The second-order valence-corrected chi connectivity index (χ2v) is 8.94. The van der Waals surface area contributed by atoms with Crippen LogP contribution in [0.4, 0.5) is 5.13 Å². The van der Waals surface area contributed by atoms with Gasteiger partial charge in [0.25, 0.3) is 0 Å². The number of hydrogen-bond donors (Lipinski definition) is 1. The fourth-order valence-electron chi connectivity index (χ4n) is 3.03. The van der Waals surface area contributed by atoms with Crippen molar-refractivity contribution in [3.63, 3.8) is 0 Å². The largest absolute Gasteiger partial charge is 0.493 e. The number of benzene rings is 1. The number of nitrogens with one attached hydrogen (secondary N) is 1. The molecular formula is C23H24N4O3S2. The van der Waals surface area contributed by atoms with Gasteiger partial charge >= 0.3 is 0 Å². The van der Waals surface area contributed by atoms with Crippen molar-refractivity contribution in [1.82, 2.24) is 9.97 Å². The van der Waals surface area contributed by atoms with E-state index in [1.54, 1.807) is 14.2 Å². The van der Waals surface area contributed by atoms with E-state index in [0.29, 0.717) is 33.0 Å². The van der Waals surface area contributed by atoms with E-state index in [9.17, 15) is 10.1 Å². The SMILES string of the molecule is COc1ccc(-c2csc(NC(=O)CCSc3nc(C)c(C)c(C)c3C#N)n2)cc1OC. The minimum atomic E-state index is -0.134. The van der Waals surface area contributed by atoms with Gasteiger partial charge in [-0.15, -0.1) is 23.1 Å². The fraction of sp³-hybridized carbons (Fsp3) is 0.304. The summed E-state index contributed by atoms with van der Waals surface area (Å²) in [5.41, 5.74) is 5.07. The summed E-state index contributed by atoms with van der Waals surface area (Å²) < 4.78 is 10.6. The van der Waals surface area contributed by atoms with Crippen LogP contribution in [0.5, 0.6) is 11.5 Å². The van der Waals surface area contributed by atoms with E-state index in [0.717, 1.165) is 28.1 Å². The fourth-order valence-corrected chi connectivity index (χ4v) is 4.79. The van der Waals surface area contributed by atoms with E-state index in [2.05, 4.69) is 21.4 Å². The molecule has 0 fully saturated rings. The van der Waals surface area contributed by atoms with Gasteiger partial charge in [0.15, 0.2) is 16.6 Å². The summed E-state index contributed by atoms with van der Waals surface area (Å²) in [6, 6.07) is 7.80. The molecule has 0 saturated heterocycles. The van der Waals surface area contributed by atoms with Crippen molar-refractivity contribution >= 4 is 34.1 Å². The zero-order valence-electron chi connectivity index (χ0n) is 18.6. The summed E-state index contributed by atoms with van der Waals surface area (Å²) in [5, 5.41) is 15.4.